The van der Waals surface area contributed by atoms with Crippen LogP contribution in [0, 0.1) is 5.92 Å². The average Bonchev–Trinajstić information content (AvgIpc) is 3.36. The minimum Gasteiger partial charge on any atom is -0.493 e. The monoisotopic (exact) mass is 304 g/mol. The first-order chi connectivity index (χ1) is 10.7. The highest BCUT2D eigenvalue weighted by molar-refractivity contribution is 5.86. The molecule has 1 aromatic rings. The molecule has 1 heterocycles. The molecule has 22 heavy (non-hydrogen) atoms. The molecule has 1 aromatic carbocycles. The van der Waals surface area contributed by atoms with Crippen molar-refractivity contribution in [3.63, 3.8) is 0 Å². The van der Waals surface area contributed by atoms with Crippen molar-refractivity contribution in [3.05, 3.63) is 29.8 Å². The van der Waals surface area contributed by atoms with Crippen molar-refractivity contribution in [2.24, 2.45) is 11.7 Å². The predicted molar refractivity (Wildman–Crippen MR) is 83.5 cm³/mol. The summed E-state index contributed by atoms with van der Waals surface area (Å²) in [6.07, 6.45) is 3.66. The molecule has 0 aromatic heterocycles. The average molecular weight is 304 g/mol. The maximum Gasteiger partial charge on any atom is 0.240 e. The smallest absolute Gasteiger partial charge is 0.240 e. The van der Waals surface area contributed by atoms with E-state index in [0.29, 0.717) is 38.5 Å². The van der Waals surface area contributed by atoms with Crippen LogP contribution in [0.3, 0.4) is 0 Å². The summed E-state index contributed by atoms with van der Waals surface area (Å²) in [5, 5.41) is 2.95. The number of hydrogen-bond acceptors (Lipinski definition) is 4. The normalized spacial score (nSPS) is 20.4. The van der Waals surface area contributed by atoms with Crippen molar-refractivity contribution in [2.45, 2.75) is 37.8 Å². The Labute approximate surface area is 131 Å². The number of rotatable bonds is 6. The van der Waals surface area contributed by atoms with Crippen LogP contribution in [0.15, 0.2) is 24.3 Å². The van der Waals surface area contributed by atoms with Crippen molar-refractivity contribution in [2.75, 3.05) is 19.8 Å². The Morgan fingerprint density at radius 3 is 2.77 bits per heavy atom. The van der Waals surface area contributed by atoms with Crippen LogP contribution in [-0.4, -0.2) is 31.3 Å². The first kappa shape index (κ1) is 15.3. The molecular formula is C17H24N2O3. The van der Waals surface area contributed by atoms with Crippen LogP contribution in [0.2, 0.25) is 0 Å². The summed E-state index contributed by atoms with van der Waals surface area (Å²) >= 11 is 0. The lowest BCUT2D eigenvalue weighted by atomic mass is 9.90. The van der Waals surface area contributed by atoms with E-state index in [-0.39, 0.29) is 5.91 Å². The molecule has 3 rings (SSSR count). The Balaban J connectivity index is 1.57. The highest BCUT2D eigenvalue weighted by Crippen LogP contribution is 2.30. The largest absolute Gasteiger partial charge is 0.493 e. The van der Waals surface area contributed by atoms with Gasteiger partial charge in [0.05, 0.1) is 12.1 Å². The third-order valence-corrected chi connectivity index (χ3v) is 4.42. The van der Waals surface area contributed by atoms with E-state index in [1.54, 1.807) is 0 Å². The van der Waals surface area contributed by atoms with Crippen LogP contribution in [0.25, 0.3) is 0 Å². The maximum atomic E-state index is 12.3. The predicted octanol–water partition coefficient (Wildman–Crippen LogP) is 1.60. The Bertz CT molecular complexity index is 522. The van der Waals surface area contributed by atoms with Gasteiger partial charge < -0.3 is 20.5 Å². The van der Waals surface area contributed by atoms with Gasteiger partial charge in [-0.25, -0.2) is 0 Å². The Morgan fingerprint density at radius 2 is 2.05 bits per heavy atom. The Hall–Kier alpha value is -1.59. The second-order valence-electron chi connectivity index (χ2n) is 6.31. The Kier molecular flexibility index (Phi) is 4.64. The summed E-state index contributed by atoms with van der Waals surface area (Å²) in [5.74, 6) is 1.46. The van der Waals surface area contributed by atoms with Gasteiger partial charge in [-0.15, -0.1) is 0 Å². The number of para-hydroxylation sites is 1. The topological polar surface area (TPSA) is 73.6 Å². The summed E-state index contributed by atoms with van der Waals surface area (Å²) in [4.78, 5) is 12.3. The van der Waals surface area contributed by atoms with E-state index in [2.05, 4.69) is 5.32 Å². The van der Waals surface area contributed by atoms with Crippen LogP contribution >= 0.6 is 0 Å². The molecule has 0 radical (unpaired) electrons. The molecule has 1 amide bonds. The molecule has 1 aliphatic heterocycles. The molecular weight excluding hydrogens is 280 g/mol. The van der Waals surface area contributed by atoms with Gasteiger partial charge in [0, 0.05) is 25.3 Å². The molecule has 5 heteroatoms. The number of nitrogens with two attached hydrogens (primary N) is 1. The van der Waals surface area contributed by atoms with Gasteiger partial charge in [-0.2, -0.15) is 0 Å². The first-order valence-corrected chi connectivity index (χ1v) is 8.03. The summed E-state index contributed by atoms with van der Waals surface area (Å²) in [5.41, 5.74) is 6.38. The number of ether oxygens (including phenoxy) is 2. The number of amides is 1. The minimum atomic E-state index is -0.804. The molecule has 1 saturated heterocycles. The SMILES string of the molecule is NC1(C(=O)NCc2ccccc2OCC2CC2)CCOCC1. The van der Waals surface area contributed by atoms with Crippen LogP contribution in [0.5, 0.6) is 5.75 Å². The molecule has 2 aliphatic rings. The number of carbonyl (C=O) groups is 1. The molecule has 0 spiro atoms. The fourth-order valence-corrected chi connectivity index (χ4v) is 2.60. The maximum absolute atomic E-state index is 12.3. The molecule has 5 nitrogen and oxygen atoms in total. The zero-order chi connectivity index (χ0) is 15.4. The summed E-state index contributed by atoms with van der Waals surface area (Å²) in [7, 11) is 0. The number of hydrogen-bond donors (Lipinski definition) is 2. The minimum absolute atomic E-state index is 0.104. The van der Waals surface area contributed by atoms with Crippen molar-refractivity contribution >= 4 is 5.91 Å². The zero-order valence-corrected chi connectivity index (χ0v) is 12.8. The van der Waals surface area contributed by atoms with Gasteiger partial charge in [0.1, 0.15) is 5.75 Å². The van der Waals surface area contributed by atoms with Crippen molar-refractivity contribution in [1.82, 2.24) is 5.32 Å². The van der Waals surface area contributed by atoms with E-state index in [1.165, 1.54) is 12.8 Å². The highest BCUT2D eigenvalue weighted by atomic mass is 16.5. The summed E-state index contributed by atoms with van der Waals surface area (Å²) < 4.78 is 11.1. The highest BCUT2D eigenvalue weighted by Gasteiger charge is 2.35. The third kappa shape index (κ3) is 3.78. The fraction of sp³-hybridized carbons (Fsp3) is 0.588. The molecule has 2 fully saturated rings. The Morgan fingerprint density at radius 1 is 1.32 bits per heavy atom. The molecule has 1 saturated carbocycles. The van der Waals surface area contributed by atoms with Crippen molar-refractivity contribution in [1.29, 1.82) is 0 Å². The number of benzene rings is 1. The molecule has 1 aliphatic carbocycles. The van der Waals surface area contributed by atoms with Crippen molar-refractivity contribution in [3.8, 4) is 5.75 Å². The standard InChI is InChI=1S/C17H24N2O3/c18-17(7-9-21-10-8-17)16(20)19-11-14-3-1-2-4-15(14)22-12-13-5-6-13/h1-4,13H,5-12,18H2,(H,19,20). The van der Waals surface area contributed by atoms with Gasteiger partial charge >= 0.3 is 0 Å². The quantitative estimate of drug-likeness (QED) is 0.837. The van der Waals surface area contributed by atoms with Gasteiger partial charge in [0.15, 0.2) is 0 Å². The number of nitrogens with one attached hydrogen (secondary N) is 1. The van der Waals surface area contributed by atoms with Crippen LogP contribution in [0.4, 0.5) is 0 Å². The van der Waals surface area contributed by atoms with E-state index in [4.69, 9.17) is 15.2 Å². The van der Waals surface area contributed by atoms with Gasteiger partial charge in [-0.1, -0.05) is 18.2 Å². The first-order valence-electron chi connectivity index (χ1n) is 8.03. The van der Waals surface area contributed by atoms with E-state index < -0.39 is 5.54 Å². The molecule has 0 unspecified atom stereocenters. The lowest BCUT2D eigenvalue weighted by Crippen LogP contribution is -2.56. The second kappa shape index (κ2) is 6.67. The van der Waals surface area contributed by atoms with Gasteiger partial charge in [0.2, 0.25) is 5.91 Å². The van der Waals surface area contributed by atoms with Gasteiger partial charge in [-0.05, 0) is 37.7 Å². The van der Waals surface area contributed by atoms with E-state index in [9.17, 15) is 4.79 Å². The van der Waals surface area contributed by atoms with E-state index >= 15 is 0 Å². The molecule has 3 N–H and O–H groups in total. The molecule has 120 valence electrons. The third-order valence-electron chi connectivity index (χ3n) is 4.42. The second-order valence-corrected chi connectivity index (χ2v) is 6.31. The lowest BCUT2D eigenvalue weighted by molar-refractivity contribution is -0.129. The van der Waals surface area contributed by atoms with Gasteiger partial charge in [-0.3, -0.25) is 4.79 Å². The lowest BCUT2D eigenvalue weighted by Gasteiger charge is -2.31. The summed E-state index contributed by atoms with van der Waals surface area (Å²) in [6.45, 7) is 2.30. The molecule has 0 bridgehead atoms. The zero-order valence-electron chi connectivity index (χ0n) is 12.8. The van der Waals surface area contributed by atoms with Crippen LogP contribution in [-0.2, 0) is 16.1 Å². The van der Waals surface area contributed by atoms with E-state index in [0.717, 1.165) is 17.9 Å². The molecule has 0 atom stereocenters. The van der Waals surface area contributed by atoms with Crippen molar-refractivity contribution < 1.29 is 14.3 Å². The summed E-state index contributed by atoms with van der Waals surface area (Å²) in [6, 6.07) is 7.85. The fourth-order valence-electron chi connectivity index (χ4n) is 2.60. The number of carbonyl (C=O) groups excluding carboxylic acids is 1. The van der Waals surface area contributed by atoms with Crippen LogP contribution in [0.1, 0.15) is 31.2 Å². The van der Waals surface area contributed by atoms with E-state index in [1.807, 2.05) is 24.3 Å². The van der Waals surface area contributed by atoms with Crippen LogP contribution < -0.4 is 15.8 Å². The van der Waals surface area contributed by atoms with Gasteiger partial charge in [0.25, 0.3) is 0 Å².